The molecule has 1 aromatic carbocycles. The second-order valence-electron chi connectivity index (χ2n) is 7.96. The van der Waals surface area contributed by atoms with Crippen LogP contribution in [0.1, 0.15) is 101 Å². The predicted molar refractivity (Wildman–Crippen MR) is 123 cm³/mol. The van der Waals surface area contributed by atoms with E-state index in [-0.39, 0.29) is 5.56 Å². The van der Waals surface area contributed by atoms with Gasteiger partial charge in [0.15, 0.2) is 0 Å². The van der Waals surface area contributed by atoms with Crippen LogP contribution in [-0.2, 0) is 0 Å². The summed E-state index contributed by atoms with van der Waals surface area (Å²) in [4.78, 5) is 13.6. The van der Waals surface area contributed by atoms with Crippen molar-refractivity contribution in [2.24, 2.45) is 0 Å². The minimum absolute atomic E-state index is 0.229. The third-order valence-corrected chi connectivity index (χ3v) is 5.42. The number of hydrogen-bond acceptors (Lipinski definition) is 4. The highest BCUT2D eigenvalue weighted by molar-refractivity contribution is 5.96. The first-order valence-corrected chi connectivity index (χ1v) is 11.5. The maximum absolute atomic E-state index is 11.6. The van der Waals surface area contributed by atoms with Crippen molar-refractivity contribution in [2.75, 3.05) is 30.8 Å². The number of nitrogens with two attached hydrogens (primary N) is 1. The van der Waals surface area contributed by atoms with E-state index in [4.69, 9.17) is 10.5 Å². The van der Waals surface area contributed by atoms with Crippen molar-refractivity contribution in [3.63, 3.8) is 0 Å². The number of benzene rings is 1. The van der Waals surface area contributed by atoms with E-state index in [1.165, 1.54) is 76.7 Å². The largest absolute Gasteiger partial charge is 0.492 e. The van der Waals surface area contributed by atoms with Gasteiger partial charge in [-0.3, -0.25) is 0 Å². The molecule has 0 aliphatic rings. The van der Waals surface area contributed by atoms with Gasteiger partial charge >= 0.3 is 5.97 Å². The van der Waals surface area contributed by atoms with Crippen LogP contribution in [0.4, 0.5) is 11.4 Å². The second kappa shape index (κ2) is 15.0. The number of carbonyl (C=O) groups is 1. The highest BCUT2D eigenvalue weighted by atomic mass is 16.5. The van der Waals surface area contributed by atoms with Crippen LogP contribution in [-0.4, -0.2) is 31.3 Å². The number of rotatable bonds is 17. The van der Waals surface area contributed by atoms with E-state index in [2.05, 4.69) is 6.92 Å². The molecule has 0 fully saturated rings. The molecule has 0 atom stereocenters. The summed E-state index contributed by atoms with van der Waals surface area (Å²) >= 11 is 0. The van der Waals surface area contributed by atoms with Crippen molar-refractivity contribution in [1.82, 2.24) is 0 Å². The zero-order valence-electron chi connectivity index (χ0n) is 18.8. The van der Waals surface area contributed by atoms with Gasteiger partial charge in [-0.15, -0.1) is 0 Å². The Hall–Kier alpha value is -1.91. The van der Waals surface area contributed by atoms with E-state index in [0.717, 1.165) is 13.0 Å². The van der Waals surface area contributed by atoms with Crippen LogP contribution in [0.5, 0.6) is 5.75 Å². The van der Waals surface area contributed by atoms with Gasteiger partial charge in [0, 0.05) is 19.7 Å². The van der Waals surface area contributed by atoms with Gasteiger partial charge < -0.3 is 20.5 Å². The van der Waals surface area contributed by atoms with Crippen molar-refractivity contribution >= 4 is 17.3 Å². The fraction of sp³-hybridized carbons (Fsp3) is 0.708. The Labute approximate surface area is 177 Å². The van der Waals surface area contributed by atoms with Crippen molar-refractivity contribution in [3.8, 4) is 5.75 Å². The third-order valence-electron chi connectivity index (χ3n) is 5.42. The first-order valence-electron chi connectivity index (χ1n) is 11.5. The lowest BCUT2D eigenvalue weighted by Gasteiger charge is -2.23. The lowest BCUT2D eigenvalue weighted by molar-refractivity contribution is 0.0697. The average Bonchev–Trinajstić information content (AvgIpc) is 2.69. The minimum Gasteiger partial charge on any atom is -0.492 e. The van der Waals surface area contributed by atoms with Crippen LogP contribution in [0.15, 0.2) is 12.1 Å². The molecular formula is C24H42N2O3. The molecule has 5 heteroatoms. The maximum atomic E-state index is 11.6. The van der Waals surface area contributed by atoms with Crippen LogP contribution in [0.2, 0.25) is 0 Å². The number of carboxylic acids is 1. The molecule has 0 amide bonds. The fourth-order valence-corrected chi connectivity index (χ4v) is 3.66. The zero-order valence-corrected chi connectivity index (χ0v) is 18.8. The quantitative estimate of drug-likeness (QED) is 0.228. The number of carboxylic acid groups (broad SMARTS) is 1. The summed E-state index contributed by atoms with van der Waals surface area (Å²) in [5.74, 6) is -0.412. The summed E-state index contributed by atoms with van der Waals surface area (Å²) in [7, 11) is 1.94. The average molecular weight is 407 g/mol. The van der Waals surface area contributed by atoms with E-state index in [0.29, 0.717) is 23.7 Å². The number of anilines is 2. The lowest BCUT2D eigenvalue weighted by Crippen LogP contribution is -2.21. The van der Waals surface area contributed by atoms with Gasteiger partial charge in [0.25, 0.3) is 0 Å². The van der Waals surface area contributed by atoms with Crippen LogP contribution in [0.25, 0.3) is 0 Å². The van der Waals surface area contributed by atoms with Gasteiger partial charge in [-0.1, -0.05) is 77.6 Å². The van der Waals surface area contributed by atoms with Crippen LogP contribution >= 0.6 is 0 Å². The molecule has 1 aromatic rings. The Morgan fingerprint density at radius 2 is 1.45 bits per heavy atom. The highest BCUT2D eigenvalue weighted by Crippen LogP contribution is 2.32. The highest BCUT2D eigenvalue weighted by Gasteiger charge is 2.17. The number of ether oxygens (including phenoxy) is 1. The Kier molecular flexibility index (Phi) is 13.0. The van der Waals surface area contributed by atoms with Gasteiger partial charge in [0.05, 0.1) is 23.5 Å². The third kappa shape index (κ3) is 9.91. The molecule has 0 aliphatic heterocycles. The number of aromatic carboxylic acids is 1. The van der Waals surface area contributed by atoms with Crippen molar-refractivity contribution in [1.29, 1.82) is 0 Å². The first kappa shape index (κ1) is 25.1. The van der Waals surface area contributed by atoms with Crippen molar-refractivity contribution < 1.29 is 14.6 Å². The Balaban J connectivity index is 2.30. The number of nitrogens with zero attached hydrogens (tertiary/aromatic N) is 1. The zero-order chi connectivity index (χ0) is 21.5. The van der Waals surface area contributed by atoms with E-state index < -0.39 is 5.97 Å². The normalized spacial score (nSPS) is 10.9. The summed E-state index contributed by atoms with van der Waals surface area (Å²) in [6, 6.07) is 3.25. The van der Waals surface area contributed by atoms with Crippen molar-refractivity contribution in [2.45, 2.75) is 90.9 Å². The maximum Gasteiger partial charge on any atom is 0.337 e. The molecule has 3 N–H and O–H groups in total. The molecule has 166 valence electrons. The Morgan fingerprint density at radius 3 is 1.93 bits per heavy atom. The minimum atomic E-state index is -0.962. The number of nitrogen functional groups attached to an aromatic ring is 1. The Bertz CT molecular complexity index is 590. The van der Waals surface area contributed by atoms with Gasteiger partial charge in [-0.25, -0.2) is 4.79 Å². The van der Waals surface area contributed by atoms with Crippen LogP contribution in [0, 0.1) is 0 Å². The Morgan fingerprint density at radius 1 is 0.931 bits per heavy atom. The van der Waals surface area contributed by atoms with Crippen LogP contribution < -0.4 is 15.4 Å². The molecule has 0 bridgehead atoms. The van der Waals surface area contributed by atoms with Gasteiger partial charge in [-0.05, 0) is 19.4 Å². The smallest absolute Gasteiger partial charge is 0.337 e. The summed E-state index contributed by atoms with van der Waals surface area (Å²) in [6.07, 6.45) is 15.7. The van der Waals surface area contributed by atoms with E-state index in [9.17, 15) is 9.90 Å². The summed E-state index contributed by atoms with van der Waals surface area (Å²) in [6.45, 7) is 5.47. The molecule has 0 aromatic heterocycles. The van der Waals surface area contributed by atoms with Gasteiger partial charge in [-0.2, -0.15) is 0 Å². The predicted octanol–water partition coefficient (Wildman–Crippen LogP) is 6.50. The molecule has 0 unspecified atom stereocenters. The number of hydrogen-bond donors (Lipinski definition) is 2. The molecule has 29 heavy (non-hydrogen) atoms. The SMILES string of the molecule is CCCCCCCCCCCCCCN(C)c1cc(OCC)c(N)cc1C(=O)O. The topological polar surface area (TPSA) is 75.8 Å². The van der Waals surface area contributed by atoms with E-state index in [1.807, 2.05) is 18.9 Å². The first-order chi connectivity index (χ1) is 14.0. The lowest BCUT2D eigenvalue weighted by atomic mass is 10.0. The van der Waals surface area contributed by atoms with Crippen LogP contribution in [0.3, 0.4) is 0 Å². The monoisotopic (exact) mass is 406 g/mol. The van der Waals surface area contributed by atoms with E-state index >= 15 is 0 Å². The summed E-state index contributed by atoms with van der Waals surface area (Å²) < 4.78 is 5.53. The molecule has 5 nitrogen and oxygen atoms in total. The summed E-state index contributed by atoms with van der Waals surface area (Å²) in [5, 5.41) is 9.51. The standard InChI is InChI=1S/C24H42N2O3/c1-4-6-7-8-9-10-11-12-13-14-15-16-17-26(3)22-19-23(29-5-2)21(25)18-20(22)24(27)28/h18-19H,4-17,25H2,1-3H3,(H,27,28). The molecule has 0 radical (unpaired) electrons. The van der Waals surface area contributed by atoms with E-state index in [1.54, 1.807) is 6.07 Å². The fourth-order valence-electron chi connectivity index (χ4n) is 3.66. The van der Waals surface area contributed by atoms with Crippen molar-refractivity contribution in [3.05, 3.63) is 17.7 Å². The van der Waals surface area contributed by atoms with Gasteiger partial charge in [0.1, 0.15) is 5.75 Å². The molecule has 1 rings (SSSR count). The second-order valence-corrected chi connectivity index (χ2v) is 7.96. The molecular weight excluding hydrogens is 364 g/mol. The van der Waals surface area contributed by atoms with Gasteiger partial charge in [0.2, 0.25) is 0 Å². The summed E-state index contributed by atoms with van der Waals surface area (Å²) in [5.41, 5.74) is 7.19. The molecule has 0 heterocycles. The molecule has 0 spiro atoms. The number of unbranched alkanes of at least 4 members (excludes halogenated alkanes) is 11. The molecule has 0 saturated heterocycles. The molecule has 0 saturated carbocycles. The molecule has 0 aliphatic carbocycles.